The minimum absolute atomic E-state index is 0.0555. The van der Waals surface area contributed by atoms with E-state index in [4.69, 9.17) is 10.7 Å². The lowest BCUT2D eigenvalue weighted by molar-refractivity contribution is -0.120. The van der Waals surface area contributed by atoms with Crippen molar-refractivity contribution in [2.75, 3.05) is 0 Å². The zero-order valence-electron chi connectivity index (χ0n) is 17.0. The minimum Gasteiger partial charge on any atom is -0.508 e. The summed E-state index contributed by atoms with van der Waals surface area (Å²) < 4.78 is 0. The molecule has 2 rings (SSSR count). The smallest absolute Gasteiger partial charge is 0.136 e. The zero-order valence-corrected chi connectivity index (χ0v) is 17.0. The molecule has 0 spiro atoms. The van der Waals surface area contributed by atoms with Gasteiger partial charge in [-0.25, -0.2) is 0 Å². The molecule has 1 atom stereocenters. The SMILES string of the molecule is CCCCC1(CCCC)CC(=O)CC(CCCc2cccc(O)c2)C(N)=N1. The summed E-state index contributed by atoms with van der Waals surface area (Å²) in [6, 6.07) is 7.38. The Bertz CT molecular complexity index is 631. The Morgan fingerprint density at radius 2 is 1.89 bits per heavy atom. The van der Waals surface area contributed by atoms with Crippen LogP contribution in [-0.4, -0.2) is 22.3 Å². The summed E-state index contributed by atoms with van der Waals surface area (Å²) in [4.78, 5) is 17.7. The van der Waals surface area contributed by atoms with Crippen LogP contribution >= 0.6 is 0 Å². The lowest BCUT2D eigenvalue weighted by Gasteiger charge is -2.29. The predicted molar refractivity (Wildman–Crippen MR) is 112 cm³/mol. The molecule has 1 aromatic carbocycles. The van der Waals surface area contributed by atoms with Crippen molar-refractivity contribution in [3.63, 3.8) is 0 Å². The molecule has 0 fully saturated rings. The number of benzene rings is 1. The number of nitrogens with zero attached hydrogens (tertiary/aromatic N) is 1. The second-order valence-electron chi connectivity index (χ2n) is 8.15. The number of aryl methyl sites for hydroxylation is 1. The molecule has 1 aliphatic rings. The van der Waals surface area contributed by atoms with E-state index in [-0.39, 0.29) is 11.5 Å². The van der Waals surface area contributed by atoms with Gasteiger partial charge in [-0.15, -0.1) is 0 Å². The van der Waals surface area contributed by atoms with E-state index in [1.165, 1.54) is 0 Å². The Labute approximate surface area is 164 Å². The maximum absolute atomic E-state index is 12.7. The zero-order chi connectivity index (χ0) is 19.7. The fourth-order valence-electron chi connectivity index (χ4n) is 4.16. The fraction of sp³-hybridized carbons (Fsp3) is 0.652. The van der Waals surface area contributed by atoms with Crippen molar-refractivity contribution in [1.82, 2.24) is 0 Å². The highest BCUT2D eigenvalue weighted by Gasteiger charge is 2.36. The van der Waals surface area contributed by atoms with Gasteiger partial charge in [0.1, 0.15) is 11.5 Å². The average Bonchev–Trinajstić information content (AvgIpc) is 2.75. The first-order valence-corrected chi connectivity index (χ1v) is 10.6. The van der Waals surface area contributed by atoms with Crippen LogP contribution in [0.1, 0.15) is 83.6 Å². The molecular formula is C23H36N2O2. The van der Waals surface area contributed by atoms with Gasteiger partial charge in [-0.1, -0.05) is 51.7 Å². The molecule has 0 saturated carbocycles. The van der Waals surface area contributed by atoms with Gasteiger partial charge >= 0.3 is 0 Å². The normalized spacial score (nSPS) is 19.6. The van der Waals surface area contributed by atoms with E-state index in [1.54, 1.807) is 12.1 Å². The molecule has 1 aliphatic heterocycles. The minimum atomic E-state index is -0.271. The van der Waals surface area contributed by atoms with Crippen LogP contribution < -0.4 is 5.73 Å². The first-order chi connectivity index (χ1) is 13.0. The summed E-state index contributed by atoms with van der Waals surface area (Å²) in [5.74, 6) is 1.35. The van der Waals surface area contributed by atoms with Crippen molar-refractivity contribution < 1.29 is 9.90 Å². The molecule has 150 valence electrons. The Morgan fingerprint density at radius 3 is 2.52 bits per heavy atom. The third-order valence-corrected chi connectivity index (χ3v) is 5.70. The highest BCUT2D eigenvalue weighted by molar-refractivity contribution is 5.91. The first-order valence-electron chi connectivity index (χ1n) is 10.6. The number of carbonyl (C=O) groups is 1. The third kappa shape index (κ3) is 6.67. The highest BCUT2D eigenvalue weighted by atomic mass is 16.3. The predicted octanol–water partition coefficient (Wildman–Crippen LogP) is 5.17. The molecule has 4 nitrogen and oxygen atoms in total. The van der Waals surface area contributed by atoms with E-state index in [0.717, 1.165) is 63.4 Å². The molecule has 1 aromatic rings. The van der Waals surface area contributed by atoms with Gasteiger partial charge in [-0.3, -0.25) is 9.79 Å². The van der Waals surface area contributed by atoms with Crippen LogP contribution in [-0.2, 0) is 11.2 Å². The van der Waals surface area contributed by atoms with Crippen molar-refractivity contribution in [2.24, 2.45) is 16.6 Å². The Morgan fingerprint density at radius 1 is 1.19 bits per heavy atom. The van der Waals surface area contributed by atoms with Crippen LogP contribution in [0.3, 0.4) is 0 Å². The van der Waals surface area contributed by atoms with Crippen LogP contribution in [0.5, 0.6) is 5.75 Å². The standard InChI is InChI=1S/C23H36N2O2/c1-3-5-13-23(14-6-4-2)17-21(27)16-19(22(24)25-23)11-7-9-18-10-8-12-20(26)15-18/h8,10,12,15,19,26H,3-7,9,11,13-14,16-17H2,1-2H3,(H2,24,25). The van der Waals surface area contributed by atoms with Gasteiger partial charge in [0.25, 0.3) is 0 Å². The number of amidine groups is 1. The summed E-state index contributed by atoms with van der Waals surface area (Å²) >= 11 is 0. The Balaban J connectivity index is 2.05. The fourth-order valence-corrected chi connectivity index (χ4v) is 4.16. The summed E-state index contributed by atoms with van der Waals surface area (Å²) in [7, 11) is 0. The molecule has 1 heterocycles. The van der Waals surface area contributed by atoms with E-state index < -0.39 is 0 Å². The number of aromatic hydroxyl groups is 1. The molecule has 0 saturated heterocycles. The van der Waals surface area contributed by atoms with Gasteiger partial charge in [0, 0.05) is 18.8 Å². The molecule has 27 heavy (non-hydrogen) atoms. The second kappa shape index (κ2) is 10.5. The van der Waals surface area contributed by atoms with Crippen molar-refractivity contribution in [2.45, 2.75) is 90.0 Å². The maximum atomic E-state index is 12.7. The van der Waals surface area contributed by atoms with Crippen LogP contribution in [0.2, 0.25) is 0 Å². The lowest BCUT2D eigenvalue weighted by atomic mass is 9.83. The lowest BCUT2D eigenvalue weighted by Crippen LogP contribution is -2.31. The largest absolute Gasteiger partial charge is 0.508 e. The number of rotatable bonds is 10. The average molecular weight is 373 g/mol. The van der Waals surface area contributed by atoms with Gasteiger partial charge in [0.2, 0.25) is 0 Å². The maximum Gasteiger partial charge on any atom is 0.136 e. The summed E-state index contributed by atoms with van der Waals surface area (Å²) in [5, 5.41) is 9.59. The van der Waals surface area contributed by atoms with Crippen molar-refractivity contribution in [1.29, 1.82) is 0 Å². The second-order valence-corrected chi connectivity index (χ2v) is 8.15. The van der Waals surface area contributed by atoms with Crippen molar-refractivity contribution in [3.8, 4) is 5.75 Å². The van der Waals surface area contributed by atoms with E-state index in [2.05, 4.69) is 13.8 Å². The van der Waals surface area contributed by atoms with E-state index in [1.807, 2.05) is 12.1 Å². The summed E-state index contributed by atoms with van der Waals surface area (Å²) in [5.41, 5.74) is 7.27. The molecule has 0 amide bonds. The van der Waals surface area contributed by atoms with E-state index in [9.17, 15) is 9.90 Å². The monoisotopic (exact) mass is 372 g/mol. The Hall–Kier alpha value is -1.84. The Kier molecular flexibility index (Phi) is 8.33. The number of ketones is 1. The van der Waals surface area contributed by atoms with Crippen LogP contribution in [0.25, 0.3) is 0 Å². The highest BCUT2D eigenvalue weighted by Crippen LogP contribution is 2.34. The van der Waals surface area contributed by atoms with E-state index >= 15 is 0 Å². The molecular weight excluding hydrogens is 336 g/mol. The molecule has 0 radical (unpaired) electrons. The first kappa shape index (κ1) is 21.5. The molecule has 4 heteroatoms. The van der Waals surface area contributed by atoms with Gasteiger partial charge in [-0.2, -0.15) is 0 Å². The number of Topliss-reactive ketones (excluding diaryl/α,β-unsaturated/α-hetero) is 1. The molecule has 0 aromatic heterocycles. The van der Waals surface area contributed by atoms with Crippen LogP contribution in [0.4, 0.5) is 0 Å². The topological polar surface area (TPSA) is 75.7 Å². The summed E-state index contributed by atoms with van der Waals surface area (Å²) in [6.45, 7) is 4.37. The third-order valence-electron chi connectivity index (χ3n) is 5.70. The molecule has 0 bridgehead atoms. The number of phenols is 1. The van der Waals surface area contributed by atoms with Crippen molar-refractivity contribution >= 4 is 11.6 Å². The van der Waals surface area contributed by atoms with Gasteiger partial charge < -0.3 is 10.8 Å². The van der Waals surface area contributed by atoms with Gasteiger partial charge in [-0.05, 0) is 49.8 Å². The van der Waals surface area contributed by atoms with Gasteiger partial charge in [0.05, 0.1) is 11.4 Å². The van der Waals surface area contributed by atoms with Crippen LogP contribution in [0, 0.1) is 5.92 Å². The molecule has 1 unspecified atom stereocenters. The molecule has 3 N–H and O–H groups in total. The number of unbranched alkanes of at least 4 members (excludes halogenated alkanes) is 2. The summed E-state index contributed by atoms with van der Waals surface area (Å²) in [6.07, 6.45) is 10.1. The molecule has 0 aliphatic carbocycles. The number of carbonyl (C=O) groups excluding carboxylic acids is 1. The quantitative estimate of drug-likeness (QED) is 0.595. The van der Waals surface area contributed by atoms with E-state index in [0.29, 0.717) is 30.2 Å². The number of phenolic OH excluding ortho intramolecular Hbond substituents is 1. The number of hydrogen-bond acceptors (Lipinski definition) is 4. The van der Waals surface area contributed by atoms with Crippen molar-refractivity contribution in [3.05, 3.63) is 29.8 Å². The number of nitrogens with two attached hydrogens (primary N) is 1. The van der Waals surface area contributed by atoms with Crippen LogP contribution in [0.15, 0.2) is 29.3 Å². The van der Waals surface area contributed by atoms with Gasteiger partial charge in [0.15, 0.2) is 0 Å². The number of hydrogen-bond donors (Lipinski definition) is 2. The number of aliphatic imine (C=N–C) groups is 1.